The van der Waals surface area contributed by atoms with Gasteiger partial charge in [-0.3, -0.25) is 0 Å². The maximum Gasteiger partial charge on any atom is 0.128 e. The van der Waals surface area contributed by atoms with Gasteiger partial charge in [-0.1, -0.05) is 24.3 Å². The number of hydrogen-bond donors (Lipinski definition) is 1. The van der Waals surface area contributed by atoms with Crippen molar-refractivity contribution >= 4 is 11.8 Å². The largest absolute Gasteiger partial charge is 0.326 e. The first-order valence-corrected chi connectivity index (χ1v) is 6.60. The number of nitrogens with two attached hydrogens (primary N) is 1. The van der Waals surface area contributed by atoms with Crippen LogP contribution in [0.3, 0.4) is 0 Å². The van der Waals surface area contributed by atoms with Gasteiger partial charge in [0.1, 0.15) is 5.82 Å². The average molecular weight is 247 g/mol. The first kappa shape index (κ1) is 12.1. The molecule has 0 fully saturated rings. The van der Waals surface area contributed by atoms with E-state index in [9.17, 15) is 4.39 Å². The second kappa shape index (κ2) is 5.34. The van der Waals surface area contributed by atoms with Crippen LogP contribution < -0.4 is 5.73 Å². The molecule has 0 aromatic heterocycles. The van der Waals surface area contributed by atoms with E-state index in [1.807, 2.05) is 36.6 Å². The summed E-state index contributed by atoms with van der Waals surface area (Å²) in [4.78, 5) is 1.20. The van der Waals surface area contributed by atoms with Crippen LogP contribution in [-0.2, 0) is 6.54 Å². The van der Waals surface area contributed by atoms with E-state index < -0.39 is 0 Å². The van der Waals surface area contributed by atoms with E-state index in [1.165, 1.54) is 11.0 Å². The monoisotopic (exact) mass is 247 g/mol. The van der Waals surface area contributed by atoms with E-state index in [0.717, 1.165) is 11.1 Å². The molecule has 0 saturated carbocycles. The Balaban J connectivity index is 2.35. The molecule has 2 rings (SSSR count). The van der Waals surface area contributed by atoms with E-state index in [1.54, 1.807) is 17.8 Å². The smallest absolute Gasteiger partial charge is 0.128 e. The lowest BCUT2D eigenvalue weighted by Crippen LogP contribution is -1.99. The second-order valence-corrected chi connectivity index (χ2v) is 4.62. The molecule has 2 aromatic carbocycles. The minimum absolute atomic E-state index is 0.234. The van der Waals surface area contributed by atoms with E-state index in [2.05, 4.69) is 0 Å². The topological polar surface area (TPSA) is 26.0 Å². The normalized spacial score (nSPS) is 10.5. The molecule has 3 heteroatoms. The van der Waals surface area contributed by atoms with Gasteiger partial charge in [-0.15, -0.1) is 11.8 Å². The van der Waals surface area contributed by atoms with Gasteiger partial charge in [-0.2, -0.15) is 0 Å². The molecule has 2 aromatic rings. The lowest BCUT2D eigenvalue weighted by Gasteiger charge is -2.05. The summed E-state index contributed by atoms with van der Waals surface area (Å²) in [5, 5.41) is 0. The number of hydrogen-bond acceptors (Lipinski definition) is 2. The Hall–Kier alpha value is -1.32. The third-order valence-corrected chi connectivity index (χ3v) is 3.44. The SMILES string of the molecule is CSc1ccc(-c2ccc(CN)c(F)c2)cc1. The molecule has 0 bridgehead atoms. The van der Waals surface area contributed by atoms with Crippen molar-refractivity contribution in [3.05, 3.63) is 53.8 Å². The van der Waals surface area contributed by atoms with Gasteiger partial charge in [-0.25, -0.2) is 4.39 Å². The van der Waals surface area contributed by atoms with Crippen LogP contribution in [0.15, 0.2) is 47.4 Å². The summed E-state index contributed by atoms with van der Waals surface area (Å²) in [6, 6.07) is 13.3. The summed E-state index contributed by atoms with van der Waals surface area (Å²) < 4.78 is 13.6. The van der Waals surface area contributed by atoms with Crippen LogP contribution >= 0.6 is 11.8 Å². The third-order valence-electron chi connectivity index (χ3n) is 2.70. The zero-order valence-corrected chi connectivity index (χ0v) is 10.4. The Kier molecular flexibility index (Phi) is 3.82. The summed E-state index contributed by atoms with van der Waals surface area (Å²) in [6.07, 6.45) is 2.03. The van der Waals surface area contributed by atoms with E-state index in [4.69, 9.17) is 5.73 Å². The molecule has 0 radical (unpaired) electrons. The number of halogens is 1. The standard InChI is InChI=1S/C14H14FNS/c1-17-13-6-4-10(5-7-13)11-2-3-12(9-16)14(15)8-11/h2-8H,9,16H2,1H3. The highest BCUT2D eigenvalue weighted by molar-refractivity contribution is 7.98. The van der Waals surface area contributed by atoms with E-state index in [0.29, 0.717) is 5.56 Å². The summed E-state index contributed by atoms with van der Waals surface area (Å²) >= 11 is 1.69. The van der Waals surface area contributed by atoms with Crippen LogP contribution in [0.4, 0.5) is 4.39 Å². The predicted octanol–water partition coefficient (Wildman–Crippen LogP) is 3.67. The summed E-state index contributed by atoms with van der Waals surface area (Å²) in [5.41, 5.74) is 7.89. The number of benzene rings is 2. The van der Waals surface area contributed by atoms with Gasteiger partial charge < -0.3 is 5.73 Å². The highest BCUT2D eigenvalue weighted by atomic mass is 32.2. The summed E-state index contributed by atoms with van der Waals surface area (Å²) in [6.45, 7) is 0.234. The Morgan fingerprint density at radius 3 is 2.24 bits per heavy atom. The zero-order valence-electron chi connectivity index (χ0n) is 9.61. The van der Waals surface area contributed by atoms with Gasteiger partial charge in [-0.05, 0) is 35.6 Å². The molecule has 2 N–H and O–H groups in total. The fourth-order valence-corrected chi connectivity index (χ4v) is 2.08. The van der Waals surface area contributed by atoms with Crippen LogP contribution in [0, 0.1) is 5.82 Å². The van der Waals surface area contributed by atoms with Crippen molar-refractivity contribution in [1.29, 1.82) is 0 Å². The Morgan fingerprint density at radius 2 is 1.71 bits per heavy atom. The Bertz CT molecular complexity index is 508. The first-order valence-electron chi connectivity index (χ1n) is 5.37. The maximum atomic E-state index is 13.6. The van der Waals surface area contributed by atoms with Crippen molar-refractivity contribution in [1.82, 2.24) is 0 Å². The molecule has 0 spiro atoms. The van der Waals surface area contributed by atoms with Crippen molar-refractivity contribution in [2.75, 3.05) is 6.26 Å². The molecule has 17 heavy (non-hydrogen) atoms. The fraction of sp³-hybridized carbons (Fsp3) is 0.143. The van der Waals surface area contributed by atoms with Crippen molar-refractivity contribution in [3.63, 3.8) is 0 Å². The van der Waals surface area contributed by atoms with E-state index in [-0.39, 0.29) is 12.4 Å². The molecule has 88 valence electrons. The van der Waals surface area contributed by atoms with Crippen LogP contribution in [0.5, 0.6) is 0 Å². The van der Waals surface area contributed by atoms with Crippen LogP contribution in [-0.4, -0.2) is 6.26 Å². The maximum absolute atomic E-state index is 13.6. The number of rotatable bonds is 3. The molecule has 0 amide bonds. The molecule has 1 nitrogen and oxygen atoms in total. The molecule has 0 aliphatic heterocycles. The van der Waals surface area contributed by atoms with Gasteiger partial charge in [0.25, 0.3) is 0 Å². The minimum atomic E-state index is -0.237. The lowest BCUT2D eigenvalue weighted by molar-refractivity contribution is 0.611. The molecule has 0 atom stereocenters. The molecule has 0 heterocycles. The van der Waals surface area contributed by atoms with Crippen LogP contribution in [0.2, 0.25) is 0 Å². The zero-order chi connectivity index (χ0) is 12.3. The first-order chi connectivity index (χ1) is 8.24. The van der Waals surface area contributed by atoms with Gasteiger partial charge in [0.15, 0.2) is 0 Å². The highest BCUT2D eigenvalue weighted by Crippen LogP contribution is 2.24. The molecule has 0 saturated heterocycles. The molecular weight excluding hydrogens is 233 g/mol. The summed E-state index contributed by atoms with van der Waals surface area (Å²) in [7, 11) is 0. The van der Waals surface area contributed by atoms with Gasteiger partial charge in [0.05, 0.1) is 0 Å². The fourth-order valence-electron chi connectivity index (χ4n) is 1.68. The van der Waals surface area contributed by atoms with Crippen molar-refractivity contribution in [2.24, 2.45) is 5.73 Å². The average Bonchev–Trinajstić information content (AvgIpc) is 2.39. The molecule has 0 aliphatic carbocycles. The second-order valence-electron chi connectivity index (χ2n) is 3.74. The van der Waals surface area contributed by atoms with Crippen LogP contribution in [0.1, 0.15) is 5.56 Å². The quantitative estimate of drug-likeness (QED) is 0.837. The van der Waals surface area contributed by atoms with Crippen molar-refractivity contribution in [3.8, 4) is 11.1 Å². The Labute approximate surface area is 105 Å². The predicted molar refractivity (Wildman–Crippen MR) is 71.5 cm³/mol. The van der Waals surface area contributed by atoms with Gasteiger partial charge >= 0.3 is 0 Å². The van der Waals surface area contributed by atoms with E-state index >= 15 is 0 Å². The number of thioether (sulfide) groups is 1. The van der Waals surface area contributed by atoms with Crippen molar-refractivity contribution in [2.45, 2.75) is 11.4 Å². The Morgan fingerprint density at radius 1 is 1.06 bits per heavy atom. The van der Waals surface area contributed by atoms with Gasteiger partial charge in [0.2, 0.25) is 0 Å². The molecule has 0 unspecified atom stereocenters. The van der Waals surface area contributed by atoms with Crippen LogP contribution in [0.25, 0.3) is 11.1 Å². The van der Waals surface area contributed by atoms with Gasteiger partial charge in [0, 0.05) is 17.0 Å². The third kappa shape index (κ3) is 2.68. The minimum Gasteiger partial charge on any atom is -0.326 e. The molecule has 0 aliphatic rings. The molecular formula is C14H14FNS. The van der Waals surface area contributed by atoms with Crippen molar-refractivity contribution < 1.29 is 4.39 Å². The highest BCUT2D eigenvalue weighted by Gasteiger charge is 2.03. The lowest BCUT2D eigenvalue weighted by atomic mass is 10.0. The summed E-state index contributed by atoms with van der Waals surface area (Å²) in [5.74, 6) is -0.237.